The zero-order valence-electron chi connectivity index (χ0n) is 12.7. The molecule has 0 radical (unpaired) electrons. The molecule has 0 aliphatic carbocycles. The van der Waals surface area contributed by atoms with E-state index in [1.165, 1.54) is 0 Å². The standard InChI is InChI=1S/C14H28N2O2/c1-13(2,3)16-10-14(4,5)9-15(6)11(7-8-17)12(16)18/h11,17H,7-10H2,1-6H3. The number of hydrogen-bond acceptors (Lipinski definition) is 3. The second-order valence-corrected chi connectivity index (χ2v) is 7.20. The predicted octanol–water partition coefficient (Wildman–Crippen LogP) is 1.34. The molecule has 0 aromatic carbocycles. The molecular weight excluding hydrogens is 228 g/mol. The predicted molar refractivity (Wildman–Crippen MR) is 73.4 cm³/mol. The lowest BCUT2D eigenvalue weighted by atomic mass is 9.91. The summed E-state index contributed by atoms with van der Waals surface area (Å²) in [6, 6.07) is -0.198. The van der Waals surface area contributed by atoms with Gasteiger partial charge in [-0.3, -0.25) is 9.69 Å². The second-order valence-electron chi connectivity index (χ2n) is 7.20. The van der Waals surface area contributed by atoms with Crippen LogP contribution in [0, 0.1) is 5.41 Å². The Bertz CT molecular complexity index is 307. The Balaban J connectivity index is 3.07. The number of nitrogens with zero attached hydrogens (tertiary/aromatic N) is 2. The number of rotatable bonds is 2. The topological polar surface area (TPSA) is 43.8 Å². The van der Waals surface area contributed by atoms with Crippen molar-refractivity contribution in [2.75, 3.05) is 26.7 Å². The molecule has 1 unspecified atom stereocenters. The molecule has 1 heterocycles. The molecule has 4 nitrogen and oxygen atoms in total. The zero-order valence-corrected chi connectivity index (χ0v) is 12.7. The van der Waals surface area contributed by atoms with Crippen LogP contribution < -0.4 is 0 Å². The molecule has 0 aromatic rings. The van der Waals surface area contributed by atoms with Crippen molar-refractivity contribution in [1.29, 1.82) is 0 Å². The van der Waals surface area contributed by atoms with Crippen molar-refractivity contribution >= 4 is 5.91 Å². The first kappa shape index (κ1) is 15.4. The van der Waals surface area contributed by atoms with Crippen LogP contribution >= 0.6 is 0 Å². The summed E-state index contributed by atoms with van der Waals surface area (Å²) in [6.07, 6.45) is 0.512. The summed E-state index contributed by atoms with van der Waals surface area (Å²) >= 11 is 0. The Kier molecular flexibility index (Phi) is 4.44. The van der Waals surface area contributed by atoms with Crippen LogP contribution in [0.1, 0.15) is 41.0 Å². The van der Waals surface area contributed by atoms with E-state index in [0.29, 0.717) is 6.42 Å². The van der Waals surface area contributed by atoms with Crippen LogP contribution in [0.2, 0.25) is 0 Å². The zero-order chi connectivity index (χ0) is 14.1. The summed E-state index contributed by atoms with van der Waals surface area (Å²) in [5, 5.41) is 9.17. The van der Waals surface area contributed by atoms with Crippen LogP contribution in [0.15, 0.2) is 0 Å². The van der Waals surface area contributed by atoms with E-state index in [1.807, 2.05) is 11.9 Å². The fourth-order valence-corrected chi connectivity index (χ4v) is 2.74. The molecule has 1 saturated heterocycles. The molecule has 1 aliphatic rings. The van der Waals surface area contributed by atoms with E-state index >= 15 is 0 Å². The highest BCUT2D eigenvalue weighted by Crippen LogP contribution is 2.29. The molecule has 1 aliphatic heterocycles. The largest absolute Gasteiger partial charge is 0.396 e. The summed E-state index contributed by atoms with van der Waals surface area (Å²) in [5.41, 5.74) is -0.102. The minimum Gasteiger partial charge on any atom is -0.396 e. The fraction of sp³-hybridized carbons (Fsp3) is 0.929. The van der Waals surface area contributed by atoms with Gasteiger partial charge in [-0.1, -0.05) is 13.8 Å². The first-order chi connectivity index (χ1) is 8.08. The van der Waals surface area contributed by atoms with E-state index in [9.17, 15) is 4.79 Å². The van der Waals surface area contributed by atoms with Gasteiger partial charge in [0.05, 0.1) is 6.04 Å². The van der Waals surface area contributed by atoms with Crippen molar-refractivity contribution in [3.63, 3.8) is 0 Å². The molecular formula is C14H28N2O2. The molecule has 1 fully saturated rings. The highest BCUT2D eigenvalue weighted by molar-refractivity contribution is 5.83. The fourth-order valence-electron chi connectivity index (χ4n) is 2.74. The minimum atomic E-state index is -0.198. The first-order valence-corrected chi connectivity index (χ1v) is 6.71. The molecule has 1 atom stereocenters. The third-order valence-corrected chi connectivity index (χ3v) is 3.56. The Morgan fingerprint density at radius 1 is 1.33 bits per heavy atom. The van der Waals surface area contributed by atoms with Gasteiger partial charge in [-0.25, -0.2) is 0 Å². The van der Waals surface area contributed by atoms with Gasteiger partial charge in [-0.05, 0) is 39.7 Å². The van der Waals surface area contributed by atoms with E-state index in [0.717, 1.165) is 13.1 Å². The molecule has 4 heteroatoms. The SMILES string of the molecule is CN1CC(C)(C)CN(C(C)(C)C)C(=O)C1CCO. The lowest BCUT2D eigenvalue weighted by Gasteiger charge is -2.39. The van der Waals surface area contributed by atoms with Crippen molar-refractivity contribution in [3.05, 3.63) is 0 Å². The van der Waals surface area contributed by atoms with Crippen LogP contribution in [0.4, 0.5) is 0 Å². The first-order valence-electron chi connectivity index (χ1n) is 6.71. The summed E-state index contributed by atoms with van der Waals surface area (Å²) in [6.45, 7) is 12.3. The van der Waals surface area contributed by atoms with Crippen molar-refractivity contribution in [1.82, 2.24) is 9.80 Å². The molecule has 18 heavy (non-hydrogen) atoms. The normalized spacial score (nSPS) is 26.3. The molecule has 106 valence electrons. The molecule has 1 N–H and O–H groups in total. The van der Waals surface area contributed by atoms with Crippen LogP contribution in [-0.4, -0.2) is 59.1 Å². The van der Waals surface area contributed by atoms with Crippen LogP contribution in [0.25, 0.3) is 0 Å². The van der Waals surface area contributed by atoms with E-state index in [1.54, 1.807) is 0 Å². The average molecular weight is 256 g/mol. The number of aliphatic hydroxyl groups is 1. The number of hydrogen-bond donors (Lipinski definition) is 1. The lowest BCUT2D eigenvalue weighted by molar-refractivity contribution is -0.140. The van der Waals surface area contributed by atoms with Crippen LogP contribution in [0.5, 0.6) is 0 Å². The third kappa shape index (κ3) is 3.45. The highest BCUT2D eigenvalue weighted by atomic mass is 16.3. The minimum absolute atomic E-state index is 0.0547. The number of amides is 1. The molecule has 0 spiro atoms. The Hall–Kier alpha value is -0.610. The van der Waals surface area contributed by atoms with Crippen molar-refractivity contribution in [2.45, 2.75) is 52.6 Å². The lowest BCUT2D eigenvalue weighted by Crippen LogP contribution is -2.52. The van der Waals surface area contributed by atoms with Crippen molar-refractivity contribution < 1.29 is 9.90 Å². The Labute approximate surface area is 111 Å². The summed E-state index contributed by atoms with van der Waals surface area (Å²) < 4.78 is 0. The highest BCUT2D eigenvalue weighted by Gasteiger charge is 2.41. The number of likely N-dealkylation sites (N-methyl/N-ethyl adjacent to an activating group) is 1. The molecule has 0 aromatic heterocycles. The average Bonchev–Trinajstić information content (AvgIpc) is 2.26. The van der Waals surface area contributed by atoms with Crippen molar-refractivity contribution in [3.8, 4) is 0 Å². The number of carbonyl (C=O) groups is 1. The smallest absolute Gasteiger partial charge is 0.240 e. The number of aliphatic hydroxyl groups excluding tert-OH is 1. The quantitative estimate of drug-likeness (QED) is 0.811. The third-order valence-electron chi connectivity index (χ3n) is 3.56. The summed E-state index contributed by atoms with van der Waals surface area (Å²) in [5.74, 6) is 0.143. The maximum absolute atomic E-state index is 12.7. The van der Waals surface area contributed by atoms with Crippen LogP contribution in [0.3, 0.4) is 0 Å². The van der Waals surface area contributed by atoms with E-state index in [2.05, 4.69) is 39.5 Å². The second kappa shape index (κ2) is 5.17. The molecule has 1 amide bonds. The monoisotopic (exact) mass is 256 g/mol. The van der Waals surface area contributed by atoms with Gasteiger partial charge >= 0.3 is 0 Å². The number of carbonyl (C=O) groups excluding carboxylic acids is 1. The maximum atomic E-state index is 12.7. The Morgan fingerprint density at radius 3 is 2.33 bits per heavy atom. The van der Waals surface area contributed by atoms with Crippen molar-refractivity contribution in [2.24, 2.45) is 5.41 Å². The van der Waals surface area contributed by atoms with E-state index in [-0.39, 0.29) is 29.5 Å². The van der Waals surface area contributed by atoms with E-state index in [4.69, 9.17) is 5.11 Å². The van der Waals surface area contributed by atoms with Gasteiger partial charge in [0.25, 0.3) is 0 Å². The van der Waals surface area contributed by atoms with E-state index < -0.39 is 0 Å². The van der Waals surface area contributed by atoms with Gasteiger partial charge in [0.1, 0.15) is 0 Å². The molecule has 0 saturated carbocycles. The Morgan fingerprint density at radius 2 is 1.89 bits per heavy atom. The summed E-state index contributed by atoms with van der Waals surface area (Å²) in [4.78, 5) is 16.7. The van der Waals surface area contributed by atoms with Gasteiger partial charge in [0, 0.05) is 25.2 Å². The summed E-state index contributed by atoms with van der Waals surface area (Å²) in [7, 11) is 1.98. The van der Waals surface area contributed by atoms with Gasteiger partial charge < -0.3 is 10.0 Å². The maximum Gasteiger partial charge on any atom is 0.240 e. The van der Waals surface area contributed by atoms with Gasteiger partial charge in [-0.15, -0.1) is 0 Å². The van der Waals surface area contributed by atoms with Gasteiger partial charge in [-0.2, -0.15) is 0 Å². The van der Waals surface area contributed by atoms with Gasteiger partial charge in [0.2, 0.25) is 5.91 Å². The molecule has 0 bridgehead atoms. The van der Waals surface area contributed by atoms with Gasteiger partial charge in [0.15, 0.2) is 0 Å². The van der Waals surface area contributed by atoms with Crippen LogP contribution in [-0.2, 0) is 4.79 Å². The molecule has 1 rings (SSSR count).